The lowest BCUT2D eigenvalue weighted by molar-refractivity contribution is 0.332. The molecular formula is C17H29N3. The van der Waals surface area contributed by atoms with Gasteiger partial charge in [0, 0.05) is 30.9 Å². The fourth-order valence-corrected chi connectivity index (χ4v) is 2.65. The standard InChI is InChI=1S/C17H29N3/c1-17(2,3)19-11-10-18-16-9-5-4-8-15(16)14-20-12-6-7-13-20/h4-5,8-9,18-19H,6-7,10-14H2,1-3H3. The van der Waals surface area contributed by atoms with Crippen molar-refractivity contribution in [3.8, 4) is 0 Å². The van der Waals surface area contributed by atoms with E-state index in [4.69, 9.17) is 0 Å². The Balaban J connectivity index is 1.84. The molecule has 1 aromatic carbocycles. The predicted molar refractivity (Wildman–Crippen MR) is 87.2 cm³/mol. The molecule has 0 spiro atoms. The average molecular weight is 275 g/mol. The SMILES string of the molecule is CC(C)(C)NCCNc1ccccc1CN1CCCC1. The Kier molecular flexibility index (Phi) is 5.44. The number of nitrogens with zero attached hydrogens (tertiary/aromatic N) is 1. The second-order valence-electron chi connectivity index (χ2n) is 6.74. The summed E-state index contributed by atoms with van der Waals surface area (Å²) in [6.07, 6.45) is 2.70. The van der Waals surface area contributed by atoms with Gasteiger partial charge in [-0.3, -0.25) is 4.90 Å². The molecule has 0 amide bonds. The lowest BCUT2D eigenvalue weighted by atomic mass is 10.1. The van der Waals surface area contributed by atoms with Crippen LogP contribution in [-0.4, -0.2) is 36.6 Å². The van der Waals surface area contributed by atoms with E-state index in [1.165, 1.54) is 37.2 Å². The molecule has 0 saturated carbocycles. The molecule has 3 nitrogen and oxygen atoms in total. The van der Waals surface area contributed by atoms with E-state index in [2.05, 4.69) is 60.6 Å². The van der Waals surface area contributed by atoms with Gasteiger partial charge in [0.15, 0.2) is 0 Å². The Hall–Kier alpha value is -1.06. The van der Waals surface area contributed by atoms with Crippen molar-refractivity contribution in [1.82, 2.24) is 10.2 Å². The lowest BCUT2D eigenvalue weighted by Crippen LogP contribution is -2.38. The lowest BCUT2D eigenvalue weighted by Gasteiger charge is -2.22. The van der Waals surface area contributed by atoms with Gasteiger partial charge in [-0.1, -0.05) is 18.2 Å². The molecule has 2 N–H and O–H groups in total. The van der Waals surface area contributed by atoms with Gasteiger partial charge in [-0.2, -0.15) is 0 Å². The van der Waals surface area contributed by atoms with Crippen molar-refractivity contribution in [2.75, 3.05) is 31.5 Å². The largest absolute Gasteiger partial charge is 0.384 e. The molecule has 0 aliphatic carbocycles. The van der Waals surface area contributed by atoms with E-state index in [0.29, 0.717) is 0 Å². The van der Waals surface area contributed by atoms with Crippen molar-refractivity contribution in [3.05, 3.63) is 29.8 Å². The summed E-state index contributed by atoms with van der Waals surface area (Å²) in [5, 5.41) is 7.08. The number of para-hydroxylation sites is 1. The van der Waals surface area contributed by atoms with Gasteiger partial charge in [0.25, 0.3) is 0 Å². The zero-order valence-corrected chi connectivity index (χ0v) is 13.2. The minimum Gasteiger partial charge on any atom is -0.384 e. The van der Waals surface area contributed by atoms with Crippen LogP contribution in [-0.2, 0) is 6.54 Å². The van der Waals surface area contributed by atoms with Crippen molar-refractivity contribution in [1.29, 1.82) is 0 Å². The van der Waals surface area contributed by atoms with Gasteiger partial charge in [-0.15, -0.1) is 0 Å². The number of hydrogen-bond donors (Lipinski definition) is 2. The van der Waals surface area contributed by atoms with Crippen LogP contribution in [0.2, 0.25) is 0 Å². The number of hydrogen-bond acceptors (Lipinski definition) is 3. The molecule has 0 radical (unpaired) electrons. The monoisotopic (exact) mass is 275 g/mol. The molecule has 0 aromatic heterocycles. The van der Waals surface area contributed by atoms with Gasteiger partial charge in [0.1, 0.15) is 0 Å². The quantitative estimate of drug-likeness (QED) is 0.781. The van der Waals surface area contributed by atoms with E-state index < -0.39 is 0 Å². The van der Waals surface area contributed by atoms with Gasteiger partial charge < -0.3 is 10.6 Å². The summed E-state index contributed by atoms with van der Waals surface area (Å²) in [5.41, 5.74) is 2.90. The Morgan fingerprint density at radius 2 is 1.75 bits per heavy atom. The summed E-state index contributed by atoms with van der Waals surface area (Å²) < 4.78 is 0. The summed E-state index contributed by atoms with van der Waals surface area (Å²) >= 11 is 0. The van der Waals surface area contributed by atoms with E-state index >= 15 is 0 Å². The molecule has 3 heteroatoms. The molecule has 1 aliphatic heterocycles. The Morgan fingerprint density at radius 3 is 2.45 bits per heavy atom. The second-order valence-corrected chi connectivity index (χ2v) is 6.74. The maximum atomic E-state index is 3.57. The van der Waals surface area contributed by atoms with E-state index in [9.17, 15) is 0 Å². The Bertz CT molecular complexity index is 403. The molecule has 1 saturated heterocycles. The maximum absolute atomic E-state index is 3.57. The normalized spacial score (nSPS) is 16.6. The highest BCUT2D eigenvalue weighted by Crippen LogP contribution is 2.19. The van der Waals surface area contributed by atoms with Crippen LogP contribution in [0.1, 0.15) is 39.2 Å². The van der Waals surface area contributed by atoms with Gasteiger partial charge in [-0.25, -0.2) is 0 Å². The number of likely N-dealkylation sites (tertiary alicyclic amines) is 1. The summed E-state index contributed by atoms with van der Waals surface area (Å²) in [7, 11) is 0. The van der Waals surface area contributed by atoms with Crippen molar-refractivity contribution in [2.24, 2.45) is 0 Å². The summed E-state index contributed by atoms with van der Waals surface area (Å²) in [5.74, 6) is 0. The first-order valence-corrected chi connectivity index (χ1v) is 7.84. The van der Waals surface area contributed by atoms with Crippen LogP contribution in [0, 0.1) is 0 Å². The highest BCUT2D eigenvalue weighted by molar-refractivity contribution is 5.51. The molecule has 0 bridgehead atoms. The molecule has 0 atom stereocenters. The van der Waals surface area contributed by atoms with E-state index in [0.717, 1.165) is 19.6 Å². The molecule has 1 heterocycles. The first-order chi connectivity index (χ1) is 9.54. The van der Waals surface area contributed by atoms with Crippen LogP contribution in [0.3, 0.4) is 0 Å². The fraction of sp³-hybridized carbons (Fsp3) is 0.647. The summed E-state index contributed by atoms with van der Waals surface area (Å²) in [4.78, 5) is 2.55. The second kappa shape index (κ2) is 7.09. The van der Waals surface area contributed by atoms with E-state index in [1.807, 2.05) is 0 Å². The van der Waals surface area contributed by atoms with E-state index in [1.54, 1.807) is 0 Å². The minimum atomic E-state index is 0.191. The van der Waals surface area contributed by atoms with Crippen LogP contribution < -0.4 is 10.6 Å². The van der Waals surface area contributed by atoms with Crippen molar-refractivity contribution < 1.29 is 0 Å². The number of benzene rings is 1. The topological polar surface area (TPSA) is 27.3 Å². The van der Waals surface area contributed by atoms with Gasteiger partial charge in [-0.05, 0) is 58.3 Å². The molecule has 1 aromatic rings. The van der Waals surface area contributed by atoms with Crippen LogP contribution in [0.15, 0.2) is 24.3 Å². The van der Waals surface area contributed by atoms with Gasteiger partial charge in [0.05, 0.1) is 0 Å². The summed E-state index contributed by atoms with van der Waals surface area (Å²) in [6, 6.07) is 8.71. The molecule has 112 valence electrons. The van der Waals surface area contributed by atoms with Crippen molar-refractivity contribution in [2.45, 2.75) is 45.7 Å². The predicted octanol–water partition coefficient (Wildman–Crippen LogP) is 3.08. The molecule has 0 unspecified atom stereocenters. The Labute approximate surface area is 123 Å². The van der Waals surface area contributed by atoms with Crippen molar-refractivity contribution >= 4 is 5.69 Å². The molecule has 1 fully saturated rings. The van der Waals surface area contributed by atoms with Crippen LogP contribution >= 0.6 is 0 Å². The van der Waals surface area contributed by atoms with Crippen LogP contribution in [0.4, 0.5) is 5.69 Å². The average Bonchev–Trinajstić information content (AvgIpc) is 2.88. The fourth-order valence-electron chi connectivity index (χ4n) is 2.65. The highest BCUT2D eigenvalue weighted by atomic mass is 15.1. The zero-order chi connectivity index (χ0) is 14.4. The highest BCUT2D eigenvalue weighted by Gasteiger charge is 2.13. The number of nitrogens with one attached hydrogen (secondary N) is 2. The Morgan fingerprint density at radius 1 is 1.05 bits per heavy atom. The third kappa shape index (κ3) is 5.14. The van der Waals surface area contributed by atoms with Crippen LogP contribution in [0.25, 0.3) is 0 Å². The summed E-state index contributed by atoms with van der Waals surface area (Å²) in [6.45, 7) is 12.1. The molecule has 2 rings (SSSR count). The molecule has 1 aliphatic rings. The first kappa shape index (κ1) is 15.3. The molecule has 20 heavy (non-hydrogen) atoms. The van der Waals surface area contributed by atoms with Crippen molar-refractivity contribution in [3.63, 3.8) is 0 Å². The number of rotatable bonds is 6. The third-order valence-corrected chi connectivity index (χ3v) is 3.71. The molecular weight excluding hydrogens is 246 g/mol. The minimum absolute atomic E-state index is 0.191. The number of anilines is 1. The maximum Gasteiger partial charge on any atom is 0.0386 e. The first-order valence-electron chi connectivity index (χ1n) is 7.84. The van der Waals surface area contributed by atoms with E-state index in [-0.39, 0.29) is 5.54 Å². The van der Waals surface area contributed by atoms with Gasteiger partial charge >= 0.3 is 0 Å². The smallest absolute Gasteiger partial charge is 0.0386 e. The van der Waals surface area contributed by atoms with Gasteiger partial charge in [0.2, 0.25) is 0 Å². The zero-order valence-electron chi connectivity index (χ0n) is 13.2. The van der Waals surface area contributed by atoms with Crippen LogP contribution in [0.5, 0.6) is 0 Å². The third-order valence-electron chi connectivity index (χ3n) is 3.71.